The van der Waals surface area contributed by atoms with E-state index in [0.717, 1.165) is 100 Å². The second-order valence-corrected chi connectivity index (χ2v) is 14.5. The highest BCUT2D eigenvalue weighted by Crippen LogP contribution is 2.38. The molecule has 3 aromatic carbocycles. The number of aldehydes is 2. The van der Waals surface area contributed by atoms with Gasteiger partial charge >= 0.3 is 0 Å². The molecular formula is C43H54N4O6S. The average Bonchev–Trinajstić information content (AvgIpc) is 3.60. The van der Waals surface area contributed by atoms with E-state index in [1.807, 2.05) is 43.4 Å². The molecule has 0 radical (unpaired) electrons. The molecule has 2 aliphatic rings. The van der Waals surface area contributed by atoms with Crippen LogP contribution in [-0.4, -0.2) is 102 Å². The van der Waals surface area contributed by atoms with E-state index in [0.29, 0.717) is 23.2 Å². The molecule has 10 nitrogen and oxygen atoms in total. The van der Waals surface area contributed by atoms with E-state index < -0.39 is 0 Å². The van der Waals surface area contributed by atoms with Crippen molar-refractivity contribution in [3.8, 4) is 0 Å². The molecule has 54 heavy (non-hydrogen) atoms. The van der Waals surface area contributed by atoms with E-state index in [1.54, 1.807) is 61.8 Å². The number of nitrogens with zero attached hydrogens (tertiary/aromatic N) is 2. The fourth-order valence-electron chi connectivity index (χ4n) is 6.37. The topological polar surface area (TPSA) is 117 Å². The molecule has 0 atom stereocenters. The molecule has 0 bridgehead atoms. The number of morpholine rings is 1. The number of rotatable bonds is 13. The number of methoxy groups -OCH3 is 1. The van der Waals surface area contributed by atoms with Crippen molar-refractivity contribution in [2.24, 2.45) is 0 Å². The smallest absolute Gasteiger partial charge is 0.258 e. The average molecular weight is 755 g/mol. The van der Waals surface area contributed by atoms with E-state index >= 15 is 0 Å². The largest absolute Gasteiger partial charge is 0.388 e. The van der Waals surface area contributed by atoms with Crippen LogP contribution >= 0.6 is 11.3 Å². The van der Waals surface area contributed by atoms with Crippen molar-refractivity contribution in [3.05, 3.63) is 117 Å². The van der Waals surface area contributed by atoms with Crippen LogP contribution in [0.15, 0.2) is 72.8 Å². The number of aryl methyl sites for hydroxylation is 3. The Morgan fingerprint density at radius 3 is 2.15 bits per heavy atom. The van der Waals surface area contributed by atoms with E-state index in [9.17, 15) is 19.2 Å². The Morgan fingerprint density at radius 2 is 1.52 bits per heavy atom. The first-order valence-electron chi connectivity index (χ1n) is 18.6. The Morgan fingerprint density at radius 1 is 0.889 bits per heavy atom. The molecule has 1 aromatic heterocycles. The third-order valence-corrected chi connectivity index (χ3v) is 10.7. The van der Waals surface area contributed by atoms with Crippen molar-refractivity contribution in [2.45, 2.75) is 44.9 Å². The van der Waals surface area contributed by atoms with Gasteiger partial charge in [0.25, 0.3) is 11.8 Å². The molecule has 11 heteroatoms. The van der Waals surface area contributed by atoms with E-state index in [-0.39, 0.29) is 11.8 Å². The van der Waals surface area contributed by atoms with Gasteiger partial charge in [-0.3, -0.25) is 24.1 Å². The molecule has 288 valence electrons. The normalized spacial score (nSPS) is 13.6. The van der Waals surface area contributed by atoms with Crippen molar-refractivity contribution in [2.75, 3.05) is 78.3 Å². The molecular weight excluding hydrogens is 701 g/mol. The Kier molecular flexibility index (Phi) is 17.5. The summed E-state index contributed by atoms with van der Waals surface area (Å²) in [6, 6.07) is 22.7. The number of benzene rings is 3. The molecule has 1 aliphatic carbocycles. The van der Waals surface area contributed by atoms with Gasteiger partial charge in [-0.2, -0.15) is 0 Å². The predicted octanol–water partition coefficient (Wildman–Crippen LogP) is 7.07. The summed E-state index contributed by atoms with van der Waals surface area (Å²) in [5.41, 5.74) is 7.18. The molecule has 2 heterocycles. The number of hydrogen-bond acceptors (Lipinski definition) is 9. The molecule has 1 fully saturated rings. The van der Waals surface area contributed by atoms with Gasteiger partial charge in [0.1, 0.15) is 17.6 Å². The van der Waals surface area contributed by atoms with Gasteiger partial charge in [-0.05, 0) is 85.9 Å². The molecule has 0 unspecified atom stereocenters. The molecule has 0 spiro atoms. The van der Waals surface area contributed by atoms with Crippen molar-refractivity contribution in [1.29, 1.82) is 0 Å². The number of hydrogen-bond donors (Lipinski definition) is 2. The summed E-state index contributed by atoms with van der Waals surface area (Å²) in [6.07, 6.45) is 9.07. The number of nitrogens with one attached hydrogen (secondary N) is 2. The SMILES string of the molecule is CN(CCN1CCOCC1)C(=O)c1cccc(C=O)c1.CNc1sc2c(c1C(=O)Nc1ccc(CCCc3ccc(C=O)cc3)cc1)CCCC2.COC. The van der Waals surface area contributed by atoms with Crippen molar-refractivity contribution >= 4 is 46.4 Å². The van der Waals surface area contributed by atoms with Crippen LogP contribution in [0, 0.1) is 0 Å². The van der Waals surface area contributed by atoms with Crippen LogP contribution in [0.3, 0.4) is 0 Å². The summed E-state index contributed by atoms with van der Waals surface area (Å²) in [7, 11) is 6.93. The highest BCUT2D eigenvalue weighted by molar-refractivity contribution is 7.16. The quantitative estimate of drug-likeness (QED) is 0.139. The number of ether oxygens (including phenoxy) is 2. The first-order chi connectivity index (χ1) is 26.3. The maximum absolute atomic E-state index is 13.0. The van der Waals surface area contributed by atoms with Gasteiger partial charge in [-0.25, -0.2) is 0 Å². The Bertz CT molecular complexity index is 1780. The minimum Gasteiger partial charge on any atom is -0.388 e. The number of carbonyl (C=O) groups excluding carboxylic acids is 4. The maximum atomic E-state index is 13.0. The lowest BCUT2D eigenvalue weighted by Crippen LogP contribution is -2.41. The zero-order valence-corrected chi connectivity index (χ0v) is 32.8. The molecule has 6 rings (SSSR count). The lowest BCUT2D eigenvalue weighted by molar-refractivity contribution is 0.0338. The van der Waals surface area contributed by atoms with Gasteiger partial charge in [0.2, 0.25) is 0 Å². The van der Waals surface area contributed by atoms with Crippen LogP contribution in [0.2, 0.25) is 0 Å². The number of amides is 2. The zero-order valence-electron chi connectivity index (χ0n) is 32.0. The van der Waals surface area contributed by atoms with Crippen molar-refractivity contribution < 1.29 is 28.7 Å². The van der Waals surface area contributed by atoms with Gasteiger partial charge in [-0.1, -0.05) is 48.5 Å². The second kappa shape index (κ2) is 22.5. The Hall–Kier alpha value is -4.68. The summed E-state index contributed by atoms with van der Waals surface area (Å²) in [6.45, 7) is 4.88. The number of thiophene rings is 1. The third kappa shape index (κ3) is 12.7. The van der Waals surface area contributed by atoms with Gasteiger partial charge in [-0.15, -0.1) is 11.3 Å². The van der Waals surface area contributed by atoms with E-state index in [1.165, 1.54) is 28.0 Å². The van der Waals surface area contributed by atoms with Gasteiger partial charge < -0.3 is 25.0 Å². The standard InChI is InChI=1S/C26H28N2O2S.C15H20N2O3.C2H6O/c1-27-26-24(22-7-2-3-8-23(22)31-26)25(30)28-21-15-13-19(14-16-21)6-4-5-18-9-11-20(17-29)12-10-18;1-16(5-6-17-7-9-20-10-8-17)15(19)14-4-2-3-13(11-14)12-18;1-3-2/h9-17,27H,2-8H2,1H3,(H,28,30);2-4,11-12H,5-10H2,1H3;1-2H3. The van der Waals surface area contributed by atoms with Crippen LogP contribution in [0.25, 0.3) is 0 Å². The monoisotopic (exact) mass is 754 g/mol. The third-order valence-electron chi connectivity index (χ3n) is 9.36. The highest BCUT2D eigenvalue weighted by Gasteiger charge is 2.25. The van der Waals surface area contributed by atoms with E-state index in [2.05, 4.69) is 32.4 Å². The van der Waals surface area contributed by atoms with Gasteiger partial charge in [0.05, 0.1) is 18.8 Å². The van der Waals surface area contributed by atoms with Crippen LogP contribution in [0.4, 0.5) is 10.7 Å². The molecule has 1 aliphatic heterocycles. The summed E-state index contributed by atoms with van der Waals surface area (Å²) in [4.78, 5) is 52.1. The number of likely N-dealkylation sites (N-methyl/N-ethyl adjacent to an activating group) is 1. The molecule has 2 N–H and O–H groups in total. The Balaban J connectivity index is 0.000000243. The molecule has 2 amide bonds. The highest BCUT2D eigenvalue weighted by atomic mass is 32.1. The number of anilines is 2. The summed E-state index contributed by atoms with van der Waals surface area (Å²) < 4.78 is 9.54. The van der Waals surface area contributed by atoms with Crippen LogP contribution < -0.4 is 10.6 Å². The fraction of sp³-hybridized carbons (Fsp3) is 0.395. The van der Waals surface area contributed by atoms with Crippen molar-refractivity contribution in [1.82, 2.24) is 9.80 Å². The lowest BCUT2D eigenvalue weighted by Gasteiger charge is -2.28. The maximum Gasteiger partial charge on any atom is 0.258 e. The number of carbonyl (C=O) groups is 4. The zero-order chi connectivity index (χ0) is 38.7. The van der Waals surface area contributed by atoms with Crippen LogP contribution in [-0.2, 0) is 35.2 Å². The molecule has 0 saturated carbocycles. The molecule has 1 saturated heterocycles. The summed E-state index contributed by atoms with van der Waals surface area (Å²) in [5, 5.41) is 7.27. The summed E-state index contributed by atoms with van der Waals surface area (Å²) >= 11 is 1.72. The van der Waals surface area contributed by atoms with Gasteiger partial charge in [0.15, 0.2) is 0 Å². The first-order valence-corrected chi connectivity index (χ1v) is 19.4. The predicted molar refractivity (Wildman–Crippen MR) is 218 cm³/mol. The van der Waals surface area contributed by atoms with Crippen LogP contribution in [0.5, 0.6) is 0 Å². The lowest BCUT2D eigenvalue weighted by atomic mass is 9.95. The van der Waals surface area contributed by atoms with Crippen molar-refractivity contribution in [3.63, 3.8) is 0 Å². The Labute approximate surface area is 323 Å². The second-order valence-electron chi connectivity index (χ2n) is 13.4. The molecule has 4 aromatic rings. The fourth-order valence-corrected chi connectivity index (χ4v) is 7.61. The minimum atomic E-state index is -0.0537. The number of fused-ring (bicyclic) bond motifs is 1. The van der Waals surface area contributed by atoms with E-state index in [4.69, 9.17) is 4.74 Å². The first kappa shape index (κ1) is 42.1. The minimum absolute atomic E-state index is 0.0183. The van der Waals surface area contributed by atoms with Gasteiger partial charge in [0, 0.05) is 81.7 Å². The van der Waals surface area contributed by atoms with Crippen LogP contribution in [0.1, 0.15) is 82.3 Å². The summed E-state index contributed by atoms with van der Waals surface area (Å²) in [5.74, 6) is -0.0720.